The standard InChI is InChI=1S/C15H13ClN2O2S/c1-21-12-5-2-10(3-6-12)9-17-18-14-8-11(15(19)20)4-7-13(14)16/h2-9,18H,1H3,(H,19,20)/p-1/b17-9-. The second-order valence-corrected chi connectivity index (χ2v) is 5.41. The smallest absolute Gasteiger partial charge is 0.0754 e. The summed E-state index contributed by atoms with van der Waals surface area (Å²) in [6.45, 7) is 0. The van der Waals surface area contributed by atoms with Crippen molar-refractivity contribution in [2.45, 2.75) is 4.90 Å². The molecule has 0 bridgehead atoms. The van der Waals surface area contributed by atoms with E-state index < -0.39 is 5.97 Å². The monoisotopic (exact) mass is 319 g/mol. The summed E-state index contributed by atoms with van der Waals surface area (Å²) in [6.07, 6.45) is 3.64. The van der Waals surface area contributed by atoms with Gasteiger partial charge in [-0.3, -0.25) is 5.43 Å². The van der Waals surface area contributed by atoms with Crippen molar-refractivity contribution in [3.8, 4) is 0 Å². The van der Waals surface area contributed by atoms with Gasteiger partial charge in [-0.1, -0.05) is 29.8 Å². The van der Waals surface area contributed by atoms with Gasteiger partial charge in [0.1, 0.15) is 0 Å². The Morgan fingerprint density at radius 3 is 2.62 bits per heavy atom. The highest BCUT2D eigenvalue weighted by Crippen LogP contribution is 2.22. The van der Waals surface area contributed by atoms with Gasteiger partial charge in [0.05, 0.1) is 22.9 Å². The highest BCUT2D eigenvalue weighted by Gasteiger charge is 2.01. The minimum absolute atomic E-state index is 0.0430. The van der Waals surface area contributed by atoms with Crippen molar-refractivity contribution in [1.82, 2.24) is 0 Å². The molecule has 2 rings (SSSR count). The number of nitrogens with one attached hydrogen (secondary N) is 1. The van der Waals surface area contributed by atoms with Gasteiger partial charge < -0.3 is 9.90 Å². The number of rotatable bonds is 5. The van der Waals surface area contributed by atoms with Crippen LogP contribution in [0.1, 0.15) is 15.9 Å². The van der Waals surface area contributed by atoms with E-state index in [4.69, 9.17) is 11.6 Å². The molecule has 0 atom stereocenters. The third-order valence-corrected chi connectivity index (χ3v) is 3.79. The minimum atomic E-state index is -1.26. The highest BCUT2D eigenvalue weighted by molar-refractivity contribution is 7.98. The molecule has 2 aromatic carbocycles. The van der Waals surface area contributed by atoms with E-state index in [0.29, 0.717) is 10.7 Å². The summed E-state index contributed by atoms with van der Waals surface area (Å²) >= 11 is 7.64. The molecule has 0 saturated carbocycles. The summed E-state index contributed by atoms with van der Waals surface area (Å²) in [6, 6.07) is 12.1. The first-order valence-corrected chi connectivity index (χ1v) is 7.64. The molecular weight excluding hydrogens is 308 g/mol. The van der Waals surface area contributed by atoms with E-state index in [1.54, 1.807) is 18.0 Å². The Hall–Kier alpha value is -1.98. The summed E-state index contributed by atoms with van der Waals surface area (Å²) in [5.74, 6) is -1.26. The van der Waals surface area contributed by atoms with E-state index in [9.17, 15) is 9.90 Å². The lowest BCUT2D eigenvalue weighted by Crippen LogP contribution is -2.22. The number of hydrogen-bond acceptors (Lipinski definition) is 5. The van der Waals surface area contributed by atoms with Crippen LogP contribution in [0.2, 0.25) is 5.02 Å². The number of benzene rings is 2. The van der Waals surface area contributed by atoms with Crippen molar-refractivity contribution >= 4 is 41.2 Å². The molecule has 0 saturated heterocycles. The zero-order chi connectivity index (χ0) is 15.2. The molecule has 0 amide bonds. The first-order valence-electron chi connectivity index (χ1n) is 6.04. The van der Waals surface area contributed by atoms with Crippen LogP contribution in [0.4, 0.5) is 5.69 Å². The Labute approximate surface area is 131 Å². The number of hydrazone groups is 1. The van der Waals surface area contributed by atoms with E-state index in [1.165, 1.54) is 23.1 Å². The Bertz CT molecular complexity index is 672. The molecular formula is C15H12ClN2O2S-. The van der Waals surface area contributed by atoms with Crippen LogP contribution in [0.15, 0.2) is 52.5 Å². The maximum Gasteiger partial charge on any atom is 0.0754 e. The van der Waals surface area contributed by atoms with Gasteiger partial charge in [0.25, 0.3) is 0 Å². The predicted molar refractivity (Wildman–Crippen MR) is 85.2 cm³/mol. The molecule has 0 spiro atoms. The predicted octanol–water partition coefficient (Wildman–Crippen LogP) is 2.87. The lowest BCUT2D eigenvalue weighted by atomic mass is 10.2. The van der Waals surface area contributed by atoms with Gasteiger partial charge in [0.15, 0.2) is 0 Å². The number of nitrogens with zero attached hydrogens (tertiary/aromatic N) is 1. The zero-order valence-electron chi connectivity index (χ0n) is 11.2. The fraction of sp³-hybridized carbons (Fsp3) is 0.0667. The van der Waals surface area contributed by atoms with Crippen molar-refractivity contribution in [3.63, 3.8) is 0 Å². The molecule has 1 N–H and O–H groups in total. The molecule has 4 nitrogen and oxygen atoms in total. The minimum Gasteiger partial charge on any atom is -0.545 e. The molecule has 0 aliphatic carbocycles. The Kier molecular flexibility index (Phi) is 5.25. The molecule has 0 aliphatic heterocycles. The first kappa shape index (κ1) is 15.4. The molecule has 0 aromatic heterocycles. The van der Waals surface area contributed by atoms with Gasteiger partial charge in [0.2, 0.25) is 0 Å². The maximum absolute atomic E-state index is 10.8. The van der Waals surface area contributed by atoms with Crippen LogP contribution in [0, 0.1) is 0 Å². The number of carbonyl (C=O) groups is 1. The summed E-state index contributed by atoms with van der Waals surface area (Å²) in [4.78, 5) is 12.0. The SMILES string of the molecule is CSc1ccc(/C=N\Nc2cc(C(=O)[O-])ccc2Cl)cc1. The van der Waals surface area contributed by atoms with Crippen molar-refractivity contribution in [2.24, 2.45) is 5.10 Å². The maximum atomic E-state index is 10.8. The number of thioether (sulfide) groups is 1. The van der Waals surface area contributed by atoms with Crippen molar-refractivity contribution in [2.75, 3.05) is 11.7 Å². The molecule has 0 aliphatic rings. The van der Waals surface area contributed by atoms with Crippen LogP contribution < -0.4 is 10.5 Å². The van der Waals surface area contributed by atoms with Crippen LogP contribution >= 0.6 is 23.4 Å². The topological polar surface area (TPSA) is 64.5 Å². The lowest BCUT2D eigenvalue weighted by molar-refractivity contribution is -0.255. The van der Waals surface area contributed by atoms with Crippen molar-refractivity contribution in [1.29, 1.82) is 0 Å². The fourth-order valence-corrected chi connectivity index (χ4v) is 2.17. The van der Waals surface area contributed by atoms with Crippen LogP contribution in [-0.2, 0) is 0 Å². The largest absolute Gasteiger partial charge is 0.545 e. The Balaban J connectivity index is 2.09. The molecule has 108 valence electrons. The van der Waals surface area contributed by atoms with E-state index in [1.807, 2.05) is 30.5 Å². The van der Waals surface area contributed by atoms with E-state index in [-0.39, 0.29) is 5.56 Å². The first-order chi connectivity index (χ1) is 10.1. The number of aromatic carboxylic acids is 1. The second-order valence-electron chi connectivity index (χ2n) is 4.13. The van der Waals surface area contributed by atoms with Crippen LogP contribution in [0.3, 0.4) is 0 Å². The van der Waals surface area contributed by atoms with Gasteiger partial charge in [-0.25, -0.2) is 0 Å². The average molecular weight is 320 g/mol. The number of carboxylic acids is 1. The molecule has 0 fully saturated rings. The summed E-state index contributed by atoms with van der Waals surface area (Å²) in [5.41, 5.74) is 4.11. The number of carboxylic acid groups (broad SMARTS) is 1. The van der Waals surface area contributed by atoms with Gasteiger partial charge in [-0.15, -0.1) is 11.8 Å². The van der Waals surface area contributed by atoms with Crippen LogP contribution in [0.5, 0.6) is 0 Å². The Morgan fingerprint density at radius 1 is 1.29 bits per heavy atom. The molecule has 0 heterocycles. The molecule has 2 aromatic rings. The summed E-state index contributed by atoms with van der Waals surface area (Å²) in [7, 11) is 0. The number of halogens is 1. The highest BCUT2D eigenvalue weighted by atomic mass is 35.5. The van der Waals surface area contributed by atoms with Crippen molar-refractivity contribution < 1.29 is 9.90 Å². The van der Waals surface area contributed by atoms with Gasteiger partial charge in [0, 0.05) is 4.90 Å². The summed E-state index contributed by atoms with van der Waals surface area (Å²) < 4.78 is 0. The molecule has 21 heavy (non-hydrogen) atoms. The second kappa shape index (κ2) is 7.15. The average Bonchev–Trinajstić information content (AvgIpc) is 2.49. The fourth-order valence-electron chi connectivity index (χ4n) is 1.60. The normalized spacial score (nSPS) is 10.8. The molecule has 0 unspecified atom stereocenters. The lowest BCUT2D eigenvalue weighted by Gasteiger charge is -2.07. The molecule has 6 heteroatoms. The van der Waals surface area contributed by atoms with Gasteiger partial charge in [-0.2, -0.15) is 5.10 Å². The quantitative estimate of drug-likeness (QED) is 0.523. The van der Waals surface area contributed by atoms with Crippen LogP contribution in [0.25, 0.3) is 0 Å². The zero-order valence-corrected chi connectivity index (χ0v) is 12.7. The number of carbonyl (C=O) groups excluding carboxylic acids is 1. The van der Waals surface area contributed by atoms with E-state index >= 15 is 0 Å². The summed E-state index contributed by atoms with van der Waals surface area (Å²) in [5, 5.41) is 15.2. The molecule has 0 radical (unpaired) electrons. The number of hydrogen-bond donors (Lipinski definition) is 1. The van der Waals surface area contributed by atoms with Gasteiger partial charge in [-0.05, 0) is 41.6 Å². The third-order valence-electron chi connectivity index (χ3n) is 2.72. The third kappa shape index (κ3) is 4.24. The van der Waals surface area contributed by atoms with E-state index in [0.717, 1.165) is 5.56 Å². The number of anilines is 1. The van der Waals surface area contributed by atoms with Crippen molar-refractivity contribution in [3.05, 3.63) is 58.6 Å². The van der Waals surface area contributed by atoms with Crippen LogP contribution in [-0.4, -0.2) is 18.4 Å². The van der Waals surface area contributed by atoms with E-state index in [2.05, 4.69) is 10.5 Å². The van der Waals surface area contributed by atoms with Gasteiger partial charge >= 0.3 is 0 Å². The Morgan fingerprint density at radius 2 is 2.00 bits per heavy atom.